The molecule has 0 amide bonds. The number of ketones is 1. The van der Waals surface area contributed by atoms with E-state index in [4.69, 9.17) is 11.0 Å². The second-order valence-corrected chi connectivity index (χ2v) is 7.62. The lowest BCUT2D eigenvalue weighted by Crippen LogP contribution is -2.26. The molecule has 0 fully saturated rings. The number of rotatable bonds is 5. The molecule has 1 aromatic heterocycles. The van der Waals surface area contributed by atoms with Crippen LogP contribution in [0.25, 0.3) is 0 Å². The first-order chi connectivity index (χ1) is 14.2. The fourth-order valence-electron chi connectivity index (χ4n) is 3.39. The molecule has 30 heavy (non-hydrogen) atoms. The molecule has 5 nitrogen and oxygen atoms in total. The zero-order valence-corrected chi connectivity index (χ0v) is 16.9. The van der Waals surface area contributed by atoms with E-state index in [1.54, 1.807) is 18.2 Å². The molecule has 0 bridgehead atoms. The van der Waals surface area contributed by atoms with Crippen LogP contribution >= 0.6 is 11.8 Å². The molecule has 9 heteroatoms. The van der Waals surface area contributed by atoms with Crippen molar-refractivity contribution in [3.8, 4) is 6.07 Å². The van der Waals surface area contributed by atoms with Crippen LogP contribution in [0.2, 0.25) is 0 Å². The number of benzene rings is 1. The van der Waals surface area contributed by atoms with E-state index in [1.807, 2.05) is 6.26 Å². The van der Waals surface area contributed by atoms with Gasteiger partial charge in [-0.2, -0.15) is 18.4 Å². The van der Waals surface area contributed by atoms with Crippen molar-refractivity contribution in [3.63, 3.8) is 0 Å². The first-order valence-electron chi connectivity index (χ1n) is 9.14. The monoisotopic (exact) mass is 432 g/mol. The minimum Gasteiger partial charge on any atom is -0.358 e. The fraction of sp³-hybridized carbons (Fsp3) is 0.286. The topological polar surface area (TPSA) is 91.8 Å². The minimum absolute atomic E-state index is 0.141. The standard InChI is InChI=1S/C21H19F3N4OS/c1-30-17-9-12(11-25)5-6-14(17)20(26)19-15(3-2-4-16(19)29)28-13-7-8-27-18(10-13)21(22,23)24/h5-10,20H,2-4,26H2,1H3,(H,27,28). The number of hydrogen-bond donors (Lipinski definition) is 2. The Bertz CT molecular complexity index is 1040. The first kappa shape index (κ1) is 21.9. The van der Waals surface area contributed by atoms with E-state index in [0.717, 1.165) is 17.2 Å². The molecule has 1 atom stereocenters. The van der Waals surface area contributed by atoms with Gasteiger partial charge in [0.15, 0.2) is 5.78 Å². The number of anilines is 1. The summed E-state index contributed by atoms with van der Waals surface area (Å²) in [5.41, 5.74) is 7.67. The summed E-state index contributed by atoms with van der Waals surface area (Å²) in [5, 5.41) is 12.1. The maximum Gasteiger partial charge on any atom is 0.433 e. The number of Topliss-reactive ketones (excluding diaryl/α,β-unsaturated/α-hetero) is 1. The second kappa shape index (κ2) is 8.90. The summed E-state index contributed by atoms with van der Waals surface area (Å²) in [6.45, 7) is 0. The highest BCUT2D eigenvalue weighted by Crippen LogP contribution is 2.36. The molecular weight excluding hydrogens is 413 g/mol. The molecule has 1 unspecified atom stereocenters. The molecule has 2 aromatic rings. The highest BCUT2D eigenvalue weighted by atomic mass is 32.2. The van der Waals surface area contributed by atoms with E-state index >= 15 is 0 Å². The van der Waals surface area contributed by atoms with Crippen LogP contribution in [0.1, 0.15) is 42.1 Å². The normalized spacial score (nSPS) is 15.7. The van der Waals surface area contributed by atoms with Gasteiger partial charge in [-0.1, -0.05) is 6.07 Å². The molecule has 1 aliphatic rings. The number of pyridine rings is 1. The van der Waals surface area contributed by atoms with E-state index in [1.165, 1.54) is 17.8 Å². The van der Waals surface area contributed by atoms with E-state index in [0.29, 0.717) is 41.7 Å². The molecule has 0 saturated carbocycles. The molecule has 3 N–H and O–H groups in total. The van der Waals surface area contributed by atoms with Crippen molar-refractivity contribution in [2.45, 2.75) is 36.4 Å². The quantitative estimate of drug-likeness (QED) is 0.659. The molecule has 0 saturated heterocycles. The van der Waals surface area contributed by atoms with Crippen molar-refractivity contribution in [2.24, 2.45) is 5.73 Å². The Morgan fingerprint density at radius 2 is 2.03 bits per heavy atom. The van der Waals surface area contributed by atoms with Crippen LogP contribution in [0.3, 0.4) is 0 Å². The Balaban J connectivity index is 2.02. The van der Waals surface area contributed by atoms with E-state index in [9.17, 15) is 18.0 Å². The summed E-state index contributed by atoms with van der Waals surface area (Å²) in [6, 6.07) is 8.69. The Hall–Kier alpha value is -2.83. The van der Waals surface area contributed by atoms with Crippen LogP contribution in [0.4, 0.5) is 18.9 Å². The lowest BCUT2D eigenvalue weighted by atomic mass is 9.86. The Kier molecular flexibility index (Phi) is 6.48. The Morgan fingerprint density at radius 3 is 2.70 bits per heavy atom. The average molecular weight is 432 g/mol. The summed E-state index contributed by atoms with van der Waals surface area (Å²) in [7, 11) is 0. The Morgan fingerprint density at radius 1 is 1.27 bits per heavy atom. The molecule has 0 radical (unpaired) electrons. The lowest BCUT2D eigenvalue weighted by molar-refractivity contribution is -0.141. The Labute approximate surface area is 176 Å². The van der Waals surface area contributed by atoms with Gasteiger partial charge in [0.05, 0.1) is 17.7 Å². The number of carbonyl (C=O) groups is 1. The molecule has 0 spiro atoms. The van der Waals surface area contributed by atoms with Gasteiger partial charge in [-0.3, -0.25) is 9.78 Å². The molecule has 0 aliphatic heterocycles. The van der Waals surface area contributed by atoms with E-state index < -0.39 is 17.9 Å². The van der Waals surface area contributed by atoms with Crippen LogP contribution in [0, 0.1) is 11.3 Å². The van der Waals surface area contributed by atoms with Gasteiger partial charge in [0.2, 0.25) is 0 Å². The van der Waals surface area contributed by atoms with Gasteiger partial charge in [-0.25, -0.2) is 0 Å². The predicted molar refractivity (Wildman–Crippen MR) is 109 cm³/mol. The number of halogens is 3. The van der Waals surface area contributed by atoms with Crippen LogP contribution in [0.5, 0.6) is 0 Å². The van der Waals surface area contributed by atoms with Gasteiger partial charge in [0.1, 0.15) is 5.69 Å². The average Bonchev–Trinajstić information content (AvgIpc) is 2.72. The largest absolute Gasteiger partial charge is 0.433 e. The van der Waals surface area contributed by atoms with Gasteiger partial charge in [0.25, 0.3) is 0 Å². The van der Waals surface area contributed by atoms with Gasteiger partial charge in [0, 0.05) is 34.5 Å². The van der Waals surface area contributed by atoms with Crippen molar-refractivity contribution < 1.29 is 18.0 Å². The molecule has 1 aromatic carbocycles. The van der Waals surface area contributed by atoms with Crippen molar-refractivity contribution in [3.05, 3.63) is 64.6 Å². The third-order valence-electron chi connectivity index (χ3n) is 4.81. The summed E-state index contributed by atoms with van der Waals surface area (Å²) in [5.74, 6) is -0.141. The number of nitriles is 1. The first-order valence-corrected chi connectivity index (χ1v) is 10.4. The van der Waals surface area contributed by atoms with E-state index in [2.05, 4.69) is 16.4 Å². The summed E-state index contributed by atoms with van der Waals surface area (Å²) < 4.78 is 38.9. The van der Waals surface area contributed by atoms with Gasteiger partial charge in [-0.05, 0) is 48.9 Å². The molecule has 1 heterocycles. The number of thioether (sulfide) groups is 1. The smallest absolute Gasteiger partial charge is 0.358 e. The van der Waals surface area contributed by atoms with Gasteiger partial charge < -0.3 is 11.1 Å². The van der Waals surface area contributed by atoms with E-state index in [-0.39, 0.29) is 11.5 Å². The third-order valence-corrected chi connectivity index (χ3v) is 5.60. The number of alkyl halides is 3. The minimum atomic E-state index is -4.57. The molecule has 3 rings (SSSR count). The van der Waals surface area contributed by atoms with Crippen LogP contribution in [0.15, 0.2) is 52.7 Å². The summed E-state index contributed by atoms with van der Waals surface area (Å²) in [4.78, 5) is 16.9. The van der Waals surface area contributed by atoms with Gasteiger partial charge in [-0.15, -0.1) is 11.8 Å². The number of nitrogens with two attached hydrogens (primary N) is 1. The number of nitrogens with one attached hydrogen (secondary N) is 1. The predicted octanol–water partition coefficient (Wildman–Crippen LogP) is 4.81. The second-order valence-electron chi connectivity index (χ2n) is 6.77. The lowest BCUT2D eigenvalue weighted by Gasteiger charge is -2.26. The summed E-state index contributed by atoms with van der Waals surface area (Å²) in [6.07, 6.45) is -0.256. The molecule has 156 valence electrons. The highest BCUT2D eigenvalue weighted by Gasteiger charge is 2.33. The van der Waals surface area contributed by atoms with Crippen molar-refractivity contribution in [1.82, 2.24) is 4.98 Å². The number of hydrogen-bond acceptors (Lipinski definition) is 6. The van der Waals surface area contributed by atoms with Crippen LogP contribution < -0.4 is 11.1 Å². The number of carbonyl (C=O) groups excluding carboxylic acids is 1. The third kappa shape index (κ3) is 4.66. The number of aromatic nitrogens is 1. The van der Waals surface area contributed by atoms with Crippen molar-refractivity contribution in [1.29, 1.82) is 5.26 Å². The SMILES string of the molecule is CSc1cc(C#N)ccc1C(N)C1=C(Nc2ccnc(C(F)(F)F)c2)CCCC1=O. The highest BCUT2D eigenvalue weighted by molar-refractivity contribution is 7.98. The number of nitrogens with zero attached hydrogens (tertiary/aromatic N) is 2. The zero-order valence-electron chi connectivity index (χ0n) is 16.1. The number of allylic oxidation sites excluding steroid dienone is 1. The maximum absolute atomic E-state index is 13.0. The molecular formula is C21H19F3N4OS. The summed E-state index contributed by atoms with van der Waals surface area (Å²) >= 11 is 1.41. The van der Waals surface area contributed by atoms with Crippen LogP contribution in [-0.4, -0.2) is 17.0 Å². The fourth-order valence-corrected chi connectivity index (χ4v) is 4.06. The maximum atomic E-state index is 13.0. The van der Waals surface area contributed by atoms with Gasteiger partial charge >= 0.3 is 6.18 Å². The van der Waals surface area contributed by atoms with Crippen molar-refractivity contribution >= 4 is 23.2 Å². The zero-order chi connectivity index (χ0) is 21.9. The molecule has 1 aliphatic carbocycles. The van der Waals surface area contributed by atoms with Crippen molar-refractivity contribution in [2.75, 3.05) is 11.6 Å². The van der Waals surface area contributed by atoms with Crippen LogP contribution in [-0.2, 0) is 11.0 Å².